The number of hydrogen-bond donors (Lipinski definition) is 4. The van der Waals surface area contributed by atoms with Crippen LogP contribution in [0.4, 0.5) is 0 Å². The van der Waals surface area contributed by atoms with Crippen LogP contribution in [0.3, 0.4) is 0 Å². The molecule has 0 saturated heterocycles. The molecule has 0 spiro atoms. The van der Waals surface area contributed by atoms with Crippen molar-refractivity contribution in [1.29, 1.82) is 0 Å². The first-order valence-corrected chi connectivity index (χ1v) is 7.80. The summed E-state index contributed by atoms with van der Waals surface area (Å²) in [7, 11) is 0. The van der Waals surface area contributed by atoms with E-state index in [4.69, 9.17) is 4.74 Å². The summed E-state index contributed by atoms with van der Waals surface area (Å²) in [5.41, 5.74) is -1.29. The molecule has 22 heavy (non-hydrogen) atoms. The summed E-state index contributed by atoms with van der Waals surface area (Å²) in [5.74, 6) is -0.657. The lowest BCUT2D eigenvalue weighted by Crippen LogP contribution is -2.47. The third kappa shape index (κ3) is 5.05. The van der Waals surface area contributed by atoms with Gasteiger partial charge in [0.2, 0.25) is 0 Å². The Hall–Kier alpha value is -0.950. The van der Waals surface area contributed by atoms with Crippen LogP contribution in [0.1, 0.15) is 46.5 Å². The average molecular weight is 316 g/mol. The van der Waals surface area contributed by atoms with Gasteiger partial charge in [0.25, 0.3) is 0 Å². The largest absolute Gasteiger partial charge is 0.462 e. The smallest absolute Gasteiger partial charge is 0.314 e. The van der Waals surface area contributed by atoms with Gasteiger partial charge in [0.1, 0.15) is 6.10 Å². The Morgan fingerprint density at radius 1 is 1.32 bits per heavy atom. The molecule has 4 N–H and O–H groups in total. The number of aliphatic hydroxyl groups is 4. The lowest BCUT2D eigenvalue weighted by molar-refractivity contribution is -0.172. The van der Waals surface area contributed by atoms with E-state index in [9.17, 15) is 25.2 Å². The van der Waals surface area contributed by atoms with E-state index in [1.54, 1.807) is 0 Å². The zero-order valence-corrected chi connectivity index (χ0v) is 13.5. The molecule has 0 radical (unpaired) electrons. The third-order valence-corrected chi connectivity index (χ3v) is 4.05. The van der Waals surface area contributed by atoms with Crippen molar-refractivity contribution in [2.24, 2.45) is 5.41 Å². The van der Waals surface area contributed by atoms with Gasteiger partial charge in [-0.1, -0.05) is 25.5 Å². The van der Waals surface area contributed by atoms with Gasteiger partial charge in [0.05, 0.1) is 29.8 Å². The second-order valence-electron chi connectivity index (χ2n) is 6.55. The molecule has 0 aromatic heterocycles. The number of carbonyl (C=O) groups is 1. The summed E-state index contributed by atoms with van der Waals surface area (Å²) >= 11 is 0. The monoisotopic (exact) mass is 316 g/mol. The van der Waals surface area contributed by atoms with Crippen LogP contribution in [0.15, 0.2) is 12.2 Å². The lowest BCUT2D eigenvalue weighted by atomic mass is 9.82. The van der Waals surface area contributed by atoms with Crippen molar-refractivity contribution in [3.8, 4) is 0 Å². The first-order valence-electron chi connectivity index (χ1n) is 7.80. The third-order valence-electron chi connectivity index (χ3n) is 4.05. The zero-order valence-electron chi connectivity index (χ0n) is 13.5. The van der Waals surface area contributed by atoms with E-state index in [0.717, 1.165) is 6.42 Å². The van der Waals surface area contributed by atoms with Crippen molar-refractivity contribution in [1.82, 2.24) is 0 Å². The van der Waals surface area contributed by atoms with Gasteiger partial charge in [-0.05, 0) is 20.3 Å². The highest BCUT2D eigenvalue weighted by Gasteiger charge is 2.42. The van der Waals surface area contributed by atoms with Gasteiger partial charge in [-0.3, -0.25) is 4.79 Å². The lowest BCUT2D eigenvalue weighted by Gasteiger charge is -2.34. The maximum absolute atomic E-state index is 12.3. The van der Waals surface area contributed by atoms with E-state index in [0.29, 0.717) is 6.42 Å². The molecular weight excluding hydrogens is 288 g/mol. The minimum Gasteiger partial charge on any atom is -0.462 e. The highest BCUT2D eigenvalue weighted by Crippen LogP contribution is 2.29. The van der Waals surface area contributed by atoms with E-state index < -0.39 is 41.9 Å². The number of cyclic esters (lactones) is 1. The molecule has 6 heteroatoms. The molecule has 128 valence electrons. The van der Waals surface area contributed by atoms with E-state index in [1.165, 1.54) is 26.0 Å². The fourth-order valence-corrected chi connectivity index (χ4v) is 2.49. The van der Waals surface area contributed by atoms with E-state index >= 15 is 0 Å². The molecule has 0 aromatic carbocycles. The standard InChI is InChI=1S/C16H28O6/c1-4-5-10(17)8-12-9-11(18)6-7-13(19)14(20)16(2,3)15(21)22-12/h6-7,10-14,17-20H,4-5,8-9H2,1-3H3/b7-6+/t10-,11-,12-,13+,14+/m1/s1. The fraction of sp³-hybridized carbons (Fsp3) is 0.812. The number of esters is 1. The first kappa shape index (κ1) is 19.1. The van der Waals surface area contributed by atoms with E-state index in [2.05, 4.69) is 0 Å². The Labute approximate surface area is 131 Å². The summed E-state index contributed by atoms with van der Waals surface area (Å²) < 4.78 is 5.38. The minimum atomic E-state index is -1.34. The maximum atomic E-state index is 12.3. The minimum absolute atomic E-state index is 0.141. The Morgan fingerprint density at radius 2 is 1.95 bits per heavy atom. The number of ether oxygens (including phenoxy) is 1. The molecule has 1 aliphatic heterocycles. The van der Waals surface area contributed by atoms with Gasteiger partial charge in [-0.15, -0.1) is 0 Å². The molecule has 5 atom stereocenters. The SMILES string of the molecule is CCC[C@@H](O)C[C@@H]1C[C@H](O)/C=C/[C@H](O)[C@H](O)C(C)(C)C(=O)O1. The van der Waals surface area contributed by atoms with Crippen LogP contribution < -0.4 is 0 Å². The first-order chi connectivity index (χ1) is 10.2. The molecule has 0 fully saturated rings. The zero-order chi connectivity index (χ0) is 16.9. The molecule has 0 saturated carbocycles. The molecule has 0 unspecified atom stereocenters. The van der Waals surface area contributed by atoms with Crippen LogP contribution in [0.5, 0.6) is 0 Å². The van der Waals surface area contributed by atoms with Crippen LogP contribution in [-0.2, 0) is 9.53 Å². The number of carbonyl (C=O) groups excluding carboxylic acids is 1. The van der Waals surface area contributed by atoms with E-state index in [1.807, 2.05) is 6.92 Å². The Morgan fingerprint density at radius 3 is 2.55 bits per heavy atom. The predicted octanol–water partition coefficient (Wildman–Crippen LogP) is 0.518. The summed E-state index contributed by atoms with van der Waals surface area (Å²) in [6.07, 6.45) is -0.350. The quantitative estimate of drug-likeness (QED) is 0.445. The predicted molar refractivity (Wildman–Crippen MR) is 81.0 cm³/mol. The van der Waals surface area contributed by atoms with Gasteiger partial charge in [0.15, 0.2) is 0 Å². The van der Waals surface area contributed by atoms with Crippen LogP contribution >= 0.6 is 0 Å². The Kier molecular flexibility index (Phi) is 6.99. The van der Waals surface area contributed by atoms with Gasteiger partial charge >= 0.3 is 5.97 Å². The molecule has 1 aliphatic rings. The molecule has 0 aliphatic carbocycles. The molecule has 1 rings (SSSR count). The fourth-order valence-electron chi connectivity index (χ4n) is 2.49. The molecule has 6 nitrogen and oxygen atoms in total. The summed E-state index contributed by atoms with van der Waals surface area (Å²) in [4.78, 5) is 12.3. The highest BCUT2D eigenvalue weighted by atomic mass is 16.5. The van der Waals surface area contributed by atoms with Crippen molar-refractivity contribution in [3.63, 3.8) is 0 Å². The van der Waals surface area contributed by atoms with Crippen LogP contribution in [0, 0.1) is 5.41 Å². The van der Waals surface area contributed by atoms with Gasteiger partial charge < -0.3 is 25.2 Å². The number of hydrogen-bond acceptors (Lipinski definition) is 6. The van der Waals surface area contributed by atoms with Crippen molar-refractivity contribution < 1.29 is 30.0 Å². The molecule has 0 bridgehead atoms. The summed E-state index contributed by atoms with van der Waals surface area (Å²) in [6.45, 7) is 4.93. The summed E-state index contributed by atoms with van der Waals surface area (Å²) in [6, 6.07) is 0. The second kappa shape index (κ2) is 8.06. The number of rotatable bonds is 4. The van der Waals surface area contributed by atoms with Gasteiger partial charge in [-0.25, -0.2) is 0 Å². The molecular formula is C16H28O6. The van der Waals surface area contributed by atoms with Gasteiger partial charge in [-0.2, -0.15) is 0 Å². The highest BCUT2D eigenvalue weighted by molar-refractivity contribution is 5.77. The van der Waals surface area contributed by atoms with Crippen molar-refractivity contribution >= 4 is 5.97 Å². The normalized spacial score (nSPS) is 35.5. The van der Waals surface area contributed by atoms with E-state index in [-0.39, 0.29) is 12.8 Å². The second-order valence-corrected chi connectivity index (χ2v) is 6.55. The van der Waals surface area contributed by atoms with Crippen molar-refractivity contribution in [2.45, 2.75) is 77.0 Å². The average Bonchev–Trinajstić information content (AvgIpc) is 2.42. The van der Waals surface area contributed by atoms with Gasteiger partial charge in [0, 0.05) is 12.8 Å². The summed E-state index contributed by atoms with van der Waals surface area (Å²) in [5, 5.41) is 39.8. The van der Waals surface area contributed by atoms with Crippen LogP contribution in [0.25, 0.3) is 0 Å². The Balaban J connectivity index is 2.94. The molecule has 1 heterocycles. The maximum Gasteiger partial charge on any atom is 0.314 e. The molecule has 0 aromatic rings. The number of aliphatic hydroxyl groups excluding tert-OH is 4. The topological polar surface area (TPSA) is 107 Å². The van der Waals surface area contributed by atoms with Crippen molar-refractivity contribution in [2.75, 3.05) is 0 Å². The Bertz CT molecular complexity index is 392. The molecule has 0 amide bonds. The van der Waals surface area contributed by atoms with Crippen LogP contribution in [0.2, 0.25) is 0 Å². The van der Waals surface area contributed by atoms with Crippen molar-refractivity contribution in [3.05, 3.63) is 12.2 Å². The van der Waals surface area contributed by atoms with Crippen LogP contribution in [-0.4, -0.2) is 56.9 Å².